The van der Waals surface area contributed by atoms with Crippen molar-refractivity contribution in [2.24, 2.45) is 0 Å². The number of nitriles is 1. The molecule has 6 aromatic rings. The summed E-state index contributed by atoms with van der Waals surface area (Å²) in [5.74, 6) is 1.92. The van der Waals surface area contributed by atoms with E-state index in [2.05, 4.69) is 60.7 Å². The second kappa shape index (κ2) is 11.1. The molecule has 0 spiro atoms. The van der Waals surface area contributed by atoms with Crippen LogP contribution in [0.3, 0.4) is 0 Å². The fraction of sp³-hybridized carbons (Fsp3) is 0.0526. The first kappa shape index (κ1) is 25.3. The van der Waals surface area contributed by atoms with Crippen molar-refractivity contribution >= 4 is 6.08 Å². The standard InChI is InChI=1S/C38H26N4/c39-25-31-16-8-10-18-34(31)35-24-32(23-30-15-7-9-17-33(30)35)26-19-21-29(22-20-26)38-41-36(27-11-3-1-4-12-27)40-37(42-38)28-13-5-2-6-14-28/h1-8,10-16,18-24H,9,17H2. The summed E-state index contributed by atoms with van der Waals surface area (Å²) in [6, 6.07) is 43.1. The van der Waals surface area contributed by atoms with Crippen LogP contribution in [0.1, 0.15) is 23.1 Å². The van der Waals surface area contributed by atoms with E-state index in [0.29, 0.717) is 23.0 Å². The summed E-state index contributed by atoms with van der Waals surface area (Å²) in [6.07, 6.45) is 6.40. The minimum Gasteiger partial charge on any atom is -0.208 e. The molecule has 42 heavy (non-hydrogen) atoms. The van der Waals surface area contributed by atoms with Gasteiger partial charge in [0.25, 0.3) is 0 Å². The van der Waals surface area contributed by atoms with E-state index in [1.807, 2.05) is 78.9 Å². The average molecular weight is 539 g/mol. The summed E-state index contributed by atoms with van der Waals surface area (Å²) in [5, 5.41) is 9.81. The van der Waals surface area contributed by atoms with Gasteiger partial charge in [-0.3, -0.25) is 0 Å². The SMILES string of the molecule is N#Cc1ccccc1-c1cc(-c2ccc(-c3nc(-c4ccccc4)nc(-c4ccccc4)n3)cc2)cc2c1CCC=C2. The van der Waals surface area contributed by atoms with Gasteiger partial charge in [0, 0.05) is 16.7 Å². The van der Waals surface area contributed by atoms with Crippen LogP contribution >= 0.6 is 0 Å². The summed E-state index contributed by atoms with van der Waals surface area (Å²) >= 11 is 0. The largest absolute Gasteiger partial charge is 0.208 e. The fourth-order valence-corrected chi connectivity index (χ4v) is 5.53. The third-order valence-electron chi connectivity index (χ3n) is 7.66. The van der Waals surface area contributed by atoms with Crippen molar-refractivity contribution < 1.29 is 0 Å². The number of benzene rings is 5. The Balaban J connectivity index is 1.31. The smallest absolute Gasteiger partial charge is 0.164 e. The van der Waals surface area contributed by atoms with Crippen LogP contribution < -0.4 is 0 Å². The molecule has 198 valence electrons. The lowest BCUT2D eigenvalue weighted by molar-refractivity contribution is 0.988. The Kier molecular flexibility index (Phi) is 6.68. The Bertz CT molecular complexity index is 1910. The highest BCUT2D eigenvalue weighted by molar-refractivity contribution is 5.84. The van der Waals surface area contributed by atoms with E-state index in [1.165, 1.54) is 11.1 Å². The molecule has 0 unspecified atom stereocenters. The molecule has 5 aromatic carbocycles. The monoisotopic (exact) mass is 538 g/mol. The van der Waals surface area contributed by atoms with Crippen LogP contribution in [0, 0.1) is 11.3 Å². The van der Waals surface area contributed by atoms with Crippen molar-refractivity contribution in [1.29, 1.82) is 5.26 Å². The molecule has 1 heterocycles. The van der Waals surface area contributed by atoms with Gasteiger partial charge >= 0.3 is 0 Å². The van der Waals surface area contributed by atoms with Gasteiger partial charge in [0.2, 0.25) is 0 Å². The van der Waals surface area contributed by atoms with Gasteiger partial charge in [0.05, 0.1) is 11.6 Å². The van der Waals surface area contributed by atoms with Crippen molar-refractivity contribution in [3.63, 3.8) is 0 Å². The molecule has 7 rings (SSSR count). The van der Waals surface area contributed by atoms with E-state index in [-0.39, 0.29) is 0 Å². The van der Waals surface area contributed by atoms with Crippen LogP contribution in [-0.2, 0) is 6.42 Å². The Morgan fingerprint density at radius 1 is 0.524 bits per heavy atom. The molecule has 1 aromatic heterocycles. The van der Waals surface area contributed by atoms with Crippen molar-refractivity contribution in [2.45, 2.75) is 12.8 Å². The van der Waals surface area contributed by atoms with E-state index in [9.17, 15) is 5.26 Å². The van der Waals surface area contributed by atoms with Gasteiger partial charge < -0.3 is 0 Å². The maximum absolute atomic E-state index is 9.81. The lowest BCUT2D eigenvalue weighted by Crippen LogP contribution is -2.00. The Morgan fingerprint density at radius 2 is 1.07 bits per heavy atom. The van der Waals surface area contributed by atoms with Crippen LogP contribution in [0.4, 0.5) is 0 Å². The zero-order chi connectivity index (χ0) is 28.3. The van der Waals surface area contributed by atoms with Gasteiger partial charge in [0.15, 0.2) is 17.5 Å². The number of nitrogens with zero attached hydrogens (tertiary/aromatic N) is 4. The summed E-state index contributed by atoms with van der Waals surface area (Å²) in [6.45, 7) is 0. The maximum atomic E-state index is 9.81. The quantitative estimate of drug-likeness (QED) is 0.220. The fourth-order valence-electron chi connectivity index (χ4n) is 5.53. The number of hydrogen-bond acceptors (Lipinski definition) is 4. The van der Waals surface area contributed by atoms with E-state index in [1.54, 1.807) is 0 Å². The number of rotatable bonds is 5. The van der Waals surface area contributed by atoms with Crippen molar-refractivity contribution in [3.8, 4) is 62.5 Å². The highest BCUT2D eigenvalue weighted by Gasteiger charge is 2.17. The van der Waals surface area contributed by atoms with Gasteiger partial charge in [0.1, 0.15) is 0 Å². The minimum absolute atomic E-state index is 0.631. The Labute approximate surface area is 245 Å². The van der Waals surface area contributed by atoms with E-state index in [4.69, 9.17) is 15.0 Å². The molecular weight excluding hydrogens is 512 g/mol. The molecule has 0 saturated carbocycles. The molecule has 0 amide bonds. The summed E-state index contributed by atoms with van der Waals surface area (Å²) in [7, 11) is 0. The normalized spacial score (nSPS) is 12.0. The molecular formula is C38H26N4. The number of hydrogen-bond donors (Lipinski definition) is 0. The highest BCUT2D eigenvalue weighted by Crippen LogP contribution is 2.37. The molecule has 0 bridgehead atoms. The summed E-state index contributed by atoms with van der Waals surface area (Å²) < 4.78 is 0. The molecule has 0 fully saturated rings. The van der Waals surface area contributed by atoms with Gasteiger partial charge in [-0.2, -0.15) is 5.26 Å². The first-order chi connectivity index (χ1) is 20.8. The number of allylic oxidation sites excluding steroid dienone is 1. The molecule has 0 atom stereocenters. The Morgan fingerprint density at radius 3 is 1.69 bits per heavy atom. The molecule has 1 aliphatic carbocycles. The second-order valence-electron chi connectivity index (χ2n) is 10.3. The Hall–Kier alpha value is -5.66. The highest BCUT2D eigenvalue weighted by atomic mass is 15.0. The van der Waals surface area contributed by atoms with Crippen molar-refractivity contribution in [3.05, 3.63) is 144 Å². The molecule has 0 N–H and O–H groups in total. The van der Waals surface area contributed by atoms with Crippen molar-refractivity contribution in [1.82, 2.24) is 15.0 Å². The van der Waals surface area contributed by atoms with Crippen LogP contribution in [0.5, 0.6) is 0 Å². The summed E-state index contributed by atoms with van der Waals surface area (Å²) in [5.41, 5.74) is 10.3. The topological polar surface area (TPSA) is 62.5 Å². The number of fused-ring (bicyclic) bond motifs is 1. The second-order valence-corrected chi connectivity index (χ2v) is 10.3. The maximum Gasteiger partial charge on any atom is 0.164 e. The first-order valence-electron chi connectivity index (χ1n) is 14.1. The molecule has 0 radical (unpaired) electrons. The summed E-state index contributed by atoms with van der Waals surface area (Å²) in [4.78, 5) is 14.5. The lowest BCUT2D eigenvalue weighted by atomic mass is 9.85. The van der Waals surface area contributed by atoms with Crippen molar-refractivity contribution in [2.75, 3.05) is 0 Å². The molecule has 1 aliphatic rings. The van der Waals surface area contributed by atoms with Crippen LogP contribution in [0.2, 0.25) is 0 Å². The predicted molar refractivity (Wildman–Crippen MR) is 169 cm³/mol. The van der Waals surface area contributed by atoms with Gasteiger partial charge in [-0.1, -0.05) is 115 Å². The van der Waals surface area contributed by atoms with E-state index < -0.39 is 0 Å². The first-order valence-corrected chi connectivity index (χ1v) is 14.1. The van der Waals surface area contributed by atoms with Gasteiger partial charge in [-0.15, -0.1) is 0 Å². The average Bonchev–Trinajstić information content (AvgIpc) is 3.08. The zero-order valence-electron chi connectivity index (χ0n) is 22.9. The van der Waals surface area contributed by atoms with Gasteiger partial charge in [-0.05, 0) is 64.4 Å². The molecule has 4 nitrogen and oxygen atoms in total. The number of aromatic nitrogens is 3. The predicted octanol–water partition coefficient (Wildman–Crippen LogP) is 9.04. The lowest BCUT2D eigenvalue weighted by Gasteiger charge is -2.19. The van der Waals surface area contributed by atoms with Gasteiger partial charge in [-0.25, -0.2) is 15.0 Å². The zero-order valence-corrected chi connectivity index (χ0v) is 22.9. The minimum atomic E-state index is 0.631. The third kappa shape index (κ3) is 4.89. The molecule has 0 saturated heterocycles. The third-order valence-corrected chi connectivity index (χ3v) is 7.66. The van der Waals surface area contributed by atoms with Crippen LogP contribution in [0.25, 0.3) is 62.5 Å². The van der Waals surface area contributed by atoms with Crippen LogP contribution in [0.15, 0.2) is 127 Å². The van der Waals surface area contributed by atoms with Crippen LogP contribution in [-0.4, -0.2) is 15.0 Å². The molecule has 0 aliphatic heterocycles. The van der Waals surface area contributed by atoms with E-state index >= 15 is 0 Å². The van der Waals surface area contributed by atoms with E-state index in [0.717, 1.165) is 51.8 Å². The molecule has 4 heteroatoms.